The van der Waals surface area contributed by atoms with Gasteiger partial charge in [0.1, 0.15) is 17.0 Å². The Balaban J connectivity index is 1.79. The molecule has 1 saturated heterocycles. The normalized spacial score (nSPS) is 19.2. The molecule has 1 amide bonds. The minimum Gasteiger partial charge on any atom is -0.347 e. The van der Waals surface area contributed by atoms with Gasteiger partial charge in [-0.15, -0.1) is 0 Å². The van der Waals surface area contributed by atoms with Crippen LogP contribution in [-0.4, -0.2) is 45.8 Å². The minimum atomic E-state index is -3.08. The van der Waals surface area contributed by atoms with E-state index in [1.165, 1.54) is 10.5 Å². The third-order valence-electron chi connectivity index (χ3n) is 4.82. The van der Waals surface area contributed by atoms with Crippen molar-refractivity contribution in [3.8, 4) is 0 Å². The predicted molar refractivity (Wildman–Crippen MR) is 97.2 cm³/mol. The molecule has 0 spiro atoms. The van der Waals surface area contributed by atoms with Gasteiger partial charge in [0.05, 0.1) is 16.9 Å². The third-order valence-corrected chi connectivity index (χ3v) is 6.59. The van der Waals surface area contributed by atoms with Gasteiger partial charge in [0.2, 0.25) is 0 Å². The Morgan fingerprint density at radius 3 is 2.81 bits per heavy atom. The fourth-order valence-electron chi connectivity index (χ4n) is 3.42. The smallest absolute Gasteiger partial charge is 0.268 e. The van der Waals surface area contributed by atoms with E-state index in [0.717, 1.165) is 5.56 Å². The lowest BCUT2D eigenvalue weighted by Crippen LogP contribution is -2.36. The van der Waals surface area contributed by atoms with Crippen LogP contribution in [0.5, 0.6) is 0 Å². The van der Waals surface area contributed by atoms with Crippen molar-refractivity contribution in [1.82, 2.24) is 19.3 Å². The average molecular weight is 374 g/mol. The van der Waals surface area contributed by atoms with Crippen molar-refractivity contribution in [2.45, 2.75) is 19.4 Å². The van der Waals surface area contributed by atoms with Gasteiger partial charge in [-0.1, -0.05) is 6.07 Å². The van der Waals surface area contributed by atoms with Gasteiger partial charge in [0, 0.05) is 19.3 Å². The highest BCUT2D eigenvalue weighted by atomic mass is 32.2. The molecule has 1 aliphatic rings. The first kappa shape index (κ1) is 16.8. The van der Waals surface area contributed by atoms with Crippen LogP contribution in [0, 0.1) is 6.92 Å². The Labute approximate surface area is 149 Å². The lowest BCUT2D eigenvalue weighted by Gasteiger charge is -2.11. The summed E-state index contributed by atoms with van der Waals surface area (Å²) in [6.07, 6.45) is 2.05. The molecule has 0 radical (unpaired) electrons. The Morgan fingerprint density at radius 2 is 2.12 bits per heavy atom. The van der Waals surface area contributed by atoms with Crippen molar-refractivity contribution >= 4 is 32.4 Å². The molecule has 136 valence electrons. The summed E-state index contributed by atoms with van der Waals surface area (Å²) >= 11 is 0. The second-order valence-corrected chi connectivity index (χ2v) is 8.93. The van der Waals surface area contributed by atoms with Crippen molar-refractivity contribution in [1.29, 1.82) is 0 Å². The van der Waals surface area contributed by atoms with Crippen LogP contribution in [0.3, 0.4) is 0 Å². The van der Waals surface area contributed by atoms with E-state index >= 15 is 0 Å². The number of aryl methyl sites for hydroxylation is 2. The minimum absolute atomic E-state index is 0.0489. The lowest BCUT2D eigenvalue weighted by molar-refractivity contribution is 0.0933. The van der Waals surface area contributed by atoms with Crippen molar-refractivity contribution < 1.29 is 13.2 Å². The maximum atomic E-state index is 12.8. The number of aromatic nitrogens is 3. The standard InChI is InChI=1S/C17H18N4O4S/c1-10-4-3-6-21-14(10)19-15-12(17(21)23)8-13(20(15)2)16(22)18-11-5-7-26(24,25)9-11/h3-4,6,8,11H,5,7,9H2,1-2H3,(H,18,22). The largest absolute Gasteiger partial charge is 0.347 e. The number of carbonyl (C=O) groups excluding carboxylic acids is 1. The van der Waals surface area contributed by atoms with Crippen molar-refractivity contribution in [3.63, 3.8) is 0 Å². The van der Waals surface area contributed by atoms with E-state index in [2.05, 4.69) is 10.3 Å². The number of hydrogen-bond donors (Lipinski definition) is 1. The van der Waals surface area contributed by atoms with Gasteiger partial charge in [-0.05, 0) is 31.0 Å². The summed E-state index contributed by atoms with van der Waals surface area (Å²) in [4.78, 5) is 29.9. The molecule has 0 aromatic carbocycles. The summed E-state index contributed by atoms with van der Waals surface area (Å²) in [5.41, 5.74) is 1.86. The second kappa shape index (κ2) is 5.66. The second-order valence-electron chi connectivity index (χ2n) is 6.70. The highest BCUT2D eigenvalue weighted by Crippen LogP contribution is 2.17. The van der Waals surface area contributed by atoms with Gasteiger partial charge in [-0.25, -0.2) is 13.4 Å². The zero-order valence-corrected chi connectivity index (χ0v) is 15.2. The van der Waals surface area contributed by atoms with Gasteiger partial charge in [-0.3, -0.25) is 14.0 Å². The number of rotatable bonds is 2. The number of fused-ring (bicyclic) bond motifs is 2. The van der Waals surface area contributed by atoms with Crippen molar-refractivity contribution in [2.75, 3.05) is 11.5 Å². The highest BCUT2D eigenvalue weighted by Gasteiger charge is 2.30. The molecule has 1 fully saturated rings. The first-order valence-corrected chi connectivity index (χ1v) is 10.1. The van der Waals surface area contributed by atoms with Crippen LogP contribution in [0.25, 0.3) is 16.7 Å². The van der Waals surface area contributed by atoms with Gasteiger partial charge in [0.15, 0.2) is 9.84 Å². The van der Waals surface area contributed by atoms with E-state index in [9.17, 15) is 18.0 Å². The monoisotopic (exact) mass is 374 g/mol. The zero-order valence-electron chi connectivity index (χ0n) is 14.4. The number of hydrogen-bond acceptors (Lipinski definition) is 5. The molecule has 1 atom stereocenters. The maximum Gasteiger partial charge on any atom is 0.268 e. The highest BCUT2D eigenvalue weighted by molar-refractivity contribution is 7.91. The Morgan fingerprint density at radius 1 is 1.35 bits per heavy atom. The van der Waals surface area contributed by atoms with Crippen LogP contribution in [0.4, 0.5) is 0 Å². The van der Waals surface area contributed by atoms with E-state index in [1.54, 1.807) is 23.9 Å². The van der Waals surface area contributed by atoms with E-state index in [1.807, 2.05) is 13.0 Å². The molecule has 1 N–H and O–H groups in total. The number of nitrogens with zero attached hydrogens (tertiary/aromatic N) is 3. The summed E-state index contributed by atoms with van der Waals surface area (Å²) in [6, 6.07) is 4.75. The van der Waals surface area contributed by atoms with Gasteiger partial charge in [-0.2, -0.15) is 0 Å². The SMILES string of the molecule is Cc1cccn2c(=O)c3cc(C(=O)NC4CCS(=O)(=O)C4)n(C)c3nc12. The van der Waals surface area contributed by atoms with Crippen LogP contribution in [0.15, 0.2) is 29.2 Å². The summed E-state index contributed by atoms with van der Waals surface area (Å²) in [5, 5.41) is 3.10. The molecule has 1 unspecified atom stereocenters. The number of sulfone groups is 1. The third kappa shape index (κ3) is 2.59. The Kier molecular flexibility index (Phi) is 3.65. The summed E-state index contributed by atoms with van der Waals surface area (Å²) in [6.45, 7) is 1.87. The number of carbonyl (C=O) groups is 1. The molecule has 4 rings (SSSR count). The molecule has 9 heteroatoms. The summed E-state index contributed by atoms with van der Waals surface area (Å²) < 4.78 is 26.2. The molecule has 26 heavy (non-hydrogen) atoms. The molecule has 8 nitrogen and oxygen atoms in total. The molecule has 0 aliphatic carbocycles. The van der Waals surface area contributed by atoms with Crippen LogP contribution >= 0.6 is 0 Å². The van der Waals surface area contributed by atoms with E-state index in [0.29, 0.717) is 23.1 Å². The topological polar surface area (TPSA) is 103 Å². The zero-order chi connectivity index (χ0) is 18.6. The summed E-state index contributed by atoms with van der Waals surface area (Å²) in [7, 11) is -1.41. The van der Waals surface area contributed by atoms with Crippen LogP contribution in [0.1, 0.15) is 22.5 Å². The fraction of sp³-hybridized carbons (Fsp3) is 0.353. The predicted octanol–water partition coefficient (Wildman–Crippen LogP) is 0.412. The molecule has 3 aromatic rings. The number of amides is 1. The molecular weight excluding hydrogens is 356 g/mol. The van der Waals surface area contributed by atoms with E-state index in [4.69, 9.17) is 0 Å². The molecule has 3 aromatic heterocycles. The van der Waals surface area contributed by atoms with Crippen LogP contribution < -0.4 is 10.9 Å². The van der Waals surface area contributed by atoms with E-state index < -0.39 is 21.8 Å². The van der Waals surface area contributed by atoms with Crippen LogP contribution in [0.2, 0.25) is 0 Å². The molecular formula is C17H18N4O4S. The van der Waals surface area contributed by atoms with Crippen molar-refractivity contribution in [3.05, 3.63) is 46.0 Å². The van der Waals surface area contributed by atoms with Gasteiger partial charge >= 0.3 is 0 Å². The van der Waals surface area contributed by atoms with Gasteiger partial charge in [0.25, 0.3) is 11.5 Å². The van der Waals surface area contributed by atoms with Crippen LogP contribution in [-0.2, 0) is 16.9 Å². The first-order valence-electron chi connectivity index (χ1n) is 8.25. The maximum absolute atomic E-state index is 12.8. The van der Waals surface area contributed by atoms with Gasteiger partial charge < -0.3 is 9.88 Å². The molecule has 0 bridgehead atoms. The molecule has 4 heterocycles. The molecule has 0 saturated carbocycles. The molecule has 1 aliphatic heterocycles. The quantitative estimate of drug-likeness (QED) is 0.700. The lowest BCUT2D eigenvalue weighted by atomic mass is 10.2. The average Bonchev–Trinajstić information content (AvgIpc) is 3.09. The van der Waals surface area contributed by atoms with E-state index in [-0.39, 0.29) is 22.8 Å². The summed E-state index contributed by atoms with van der Waals surface area (Å²) in [5.74, 6) is -0.370. The number of pyridine rings is 1. The first-order chi connectivity index (χ1) is 12.3. The van der Waals surface area contributed by atoms with Crippen molar-refractivity contribution in [2.24, 2.45) is 7.05 Å². The fourth-order valence-corrected chi connectivity index (χ4v) is 5.09. The Bertz CT molecular complexity index is 1220. The Hall–Kier alpha value is -2.68. The number of nitrogens with one attached hydrogen (secondary N) is 1.